The molecule has 1 aromatic rings. The zero-order valence-electron chi connectivity index (χ0n) is 11.5. The van der Waals surface area contributed by atoms with E-state index in [-0.39, 0.29) is 11.8 Å². The first-order valence-electron chi connectivity index (χ1n) is 6.47. The number of piperidine rings is 1. The lowest BCUT2D eigenvalue weighted by molar-refractivity contribution is -0.122. The third kappa shape index (κ3) is 2.66. The number of nitrogens with zero attached hydrogens (tertiary/aromatic N) is 3. The van der Waals surface area contributed by atoms with Gasteiger partial charge in [0.2, 0.25) is 5.91 Å². The summed E-state index contributed by atoms with van der Waals surface area (Å²) in [5.41, 5.74) is 7.36. The fourth-order valence-electron chi connectivity index (χ4n) is 2.47. The highest BCUT2D eigenvalue weighted by Gasteiger charge is 2.30. The van der Waals surface area contributed by atoms with Crippen molar-refractivity contribution in [3.05, 3.63) is 16.3 Å². The highest BCUT2D eigenvalue weighted by molar-refractivity contribution is 6.30. The first-order valence-corrected chi connectivity index (χ1v) is 6.85. The Hall–Kier alpha value is -1.36. The van der Waals surface area contributed by atoms with Crippen LogP contribution in [-0.4, -0.2) is 28.7 Å². The number of carbonyl (C=O) groups is 1. The van der Waals surface area contributed by atoms with Crippen LogP contribution in [0.3, 0.4) is 0 Å². The first kappa shape index (κ1) is 14.1. The van der Waals surface area contributed by atoms with Crippen molar-refractivity contribution < 1.29 is 4.79 Å². The van der Waals surface area contributed by atoms with Crippen LogP contribution in [0, 0.1) is 19.8 Å². The molecule has 2 rings (SSSR count). The summed E-state index contributed by atoms with van der Waals surface area (Å²) in [7, 11) is 0. The third-order valence-electron chi connectivity index (χ3n) is 4.00. The number of primary amides is 1. The van der Waals surface area contributed by atoms with Gasteiger partial charge in [0.1, 0.15) is 0 Å². The molecule has 0 spiro atoms. The van der Waals surface area contributed by atoms with Gasteiger partial charge in [0, 0.05) is 12.6 Å². The minimum atomic E-state index is -0.242. The normalized spacial score (nSPS) is 23.5. The van der Waals surface area contributed by atoms with Gasteiger partial charge in [-0.05, 0) is 44.7 Å². The SMILES string of the molecule is Cc1c(Cl)nnc(N2CC(C(N)=O)CCC2C)c1C. The van der Waals surface area contributed by atoms with Crippen LogP contribution in [0.15, 0.2) is 0 Å². The topological polar surface area (TPSA) is 72.1 Å². The zero-order chi connectivity index (χ0) is 14.2. The van der Waals surface area contributed by atoms with Crippen LogP contribution in [0.25, 0.3) is 0 Å². The Morgan fingerprint density at radius 2 is 2.00 bits per heavy atom. The van der Waals surface area contributed by atoms with Crippen molar-refractivity contribution >= 4 is 23.3 Å². The molecule has 1 saturated heterocycles. The predicted octanol–water partition coefficient (Wildman–Crippen LogP) is 1.84. The molecule has 2 N–H and O–H groups in total. The van der Waals surface area contributed by atoms with Crippen LogP contribution in [0.2, 0.25) is 5.15 Å². The Kier molecular flexibility index (Phi) is 3.94. The fourth-order valence-corrected chi connectivity index (χ4v) is 2.65. The maximum absolute atomic E-state index is 11.4. The molecule has 0 bridgehead atoms. The number of amides is 1. The summed E-state index contributed by atoms with van der Waals surface area (Å²) in [6.07, 6.45) is 1.77. The summed E-state index contributed by atoms with van der Waals surface area (Å²) in [6, 6.07) is 0.323. The summed E-state index contributed by atoms with van der Waals surface area (Å²) in [5.74, 6) is 0.446. The Morgan fingerprint density at radius 1 is 1.32 bits per heavy atom. The molecule has 1 aliphatic heterocycles. The molecule has 0 aromatic carbocycles. The van der Waals surface area contributed by atoms with Crippen LogP contribution >= 0.6 is 11.6 Å². The van der Waals surface area contributed by atoms with Crippen LogP contribution in [-0.2, 0) is 4.79 Å². The van der Waals surface area contributed by atoms with E-state index in [1.165, 1.54) is 0 Å². The standard InChI is InChI=1S/C13H19ClN4O/c1-7-4-5-10(12(15)19)6-18(7)13-9(3)8(2)11(14)16-17-13/h7,10H,4-6H2,1-3H3,(H2,15,19). The molecule has 1 aliphatic rings. The van der Waals surface area contributed by atoms with Gasteiger partial charge in [-0.1, -0.05) is 11.6 Å². The van der Waals surface area contributed by atoms with Crippen molar-refractivity contribution in [3.8, 4) is 0 Å². The van der Waals surface area contributed by atoms with E-state index in [9.17, 15) is 4.79 Å². The van der Waals surface area contributed by atoms with Gasteiger partial charge in [-0.2, -0.15) is 0 Å². The second kappa shape index (κ2) is 5.33. The smallest absolute Gasteiger partial charge is 0.222 e. The molecule has 5 nitrogen and oxygen atoms in total. The van der Waals surface area contributed by atoms with Gasteiger partial charge in [-0.25, -0.2) is 0 Å². The van der Waals surface area contributed by atoms with E-state index in [0.29, 0.717) is 17.7 Å². The molecule has 104 valence electrons. The number of anilines is 1. The lowest BCUT2D eigenvalue weighted by atomic mass is 9.92. The average molecular weight is 283 g/mol. The van der Waals surface area contributed by atoms with Crippen molar-refractivity contribution in [1.82, 2.24) is 10.2 Å². The van der Waals surface area contributed by atoms with E-state index < -0.39 is 0 Å². The number of aromatic nitrogens is 2. The van der Waals surface area contributed by atoms with Crippen LogP contribution < -0.4 is 10.6 Å². The monoisotopic (exact) mass is 282 g/mol. The maximum atomic E-state index is 11.4. The summed E-state index contributed by atoms with van der Waals surface area (Å²) in [5, 5.41) is 8.60. The second-order valence-electron chi connectivity index (χ2n) is 5.24. The van der Waals surface area contributed by atoms with E-state index in [0.717, 1.165) is 29.8 Å². The number of halogens is 1. The Labute approximate surface area is 118 Å². The summed E-state index contributed by atoms with van der Waals surface area (Å²) < 4.78 is 0. The Bertz CT molecular complexity index is 506. The molecular weight excluding hydrogens is 264 g/mol. The minimum absolute atomic E-state index is 0.117. The molecule has 19 heavy (non-hydrogen) atoms. The zero-order valence-corrected chi connectivity index (χ0v) is 12.2. The van der Waals surface area contributed by atoms with Crippen LogP contribution in [0.1, 0.15) is 30.9 Å². The molecule has 0 radical (unpaired) electrons. The van der Waals surface area contributed by atoms with E-state index >= 15 is 0 Å². The molecule has 2 atom stereocenters. The lowest BCUT2D eigenvalue weighted by Gasteiger charge is -2.38. The van der Waals surface area contributed by atoms with Gasteiger partial charge in [0.15, 0.2) is 11.0 Å². The van der Waals surface area contributed by atoms with Crippen molar-refractivity contribution in [2.45, 2.75) is 39.7 Å². The van der Waals surface area contributed by atoms with E-state index in [2.05, 4.69) is 22.0 Å². The van der Waals surface area contributed by atoms with Gasteiger partial charge >= 0.3 is 0 Å². The summed E-state index contributed by atoms with van der Waals surface area (Å²) in [4.78, 5) is 13.5. The predicted molar refractivity (Wildman–Crippen MR) is 75.2 cm³/mol. The van der Waals surface area contributed by atoms with E-state index in [1.807, 2.05) is 13.8 Å². The molecule has 2 heterocycles. The quantitative estimate of drug-likeness (QED) is 0.898. The molecule has 1 fully saturated rings. The molecule has 1 amide bonds. The lowest BCUT2D eigenvalue weighted by Crippen LogP contribution is -2.46. The average Bonchev–Trinajstić information content (AvgIpc) is 2.37. The van der Waals surface area contributed by atoms with Crippen LogP contribution in [0.5, 0.6) is 0 Å². The number of hydrogen-bond acceptors (Lipinski definition) is 4. The fraction of sp³-hybridized carbons (Fsp3) is 0.615. The van der Waals surface area contributed by atoms with E-state index in [1.54, 1.807) is 0 Å². The first-order chi connectivity index (χ1) is 8.91. The molecule has 1 aromatic heterocycles. The third-order valence-corrected chi connectivity index (χ3v) is 4.36. The highest BCUT2D eigenvalue weighted by Crippen LogP contribution is 2.30. The molecule has 6 heteroatoms. The number of nitrogens with two attached hydrogens (primary N) is 1. The Balaban J connectivity index is 2.34. The molecular formula is C13H19ClN4O. The number of hydrogen-bond donors (Lipinski definition) is 1. The largest absolute Gasteiger partial charge is 0.369 e. The van der Waals surface area contributed by atoms with Gasteiger partial charge in [-0.15, -0.1) is 10.2 Å². The van der Waals surface area contributed by atoms with Gasteiger partial charge < -0.3 is 10.6 Å². The number of rotatable bonds is 2. The summed E-state index contributed by atoms with van der Waals surface area (Å²) in [6.45, 7) is 6.64. The van der Waals surface area contributed by atoms with Gasteiger partial charge in [0.25, 0.3) is 0 Å². The van der Waals surface area contributed by atoms with Crippen LogP contribution in [0.4, 0.5) is 5.82 Å². The maximum Gasteiger partial charge on any atom is 0.222 e. The summed E-state index contributed by atoms with van der Waals surface area (Å²) >= 11 is 5.97. The number of carbonyl (C=O) groups excluding carboxylic acids is 1. The van der Waals surface area contributed by atoms with Crippen molar-refractivity contribution in [2.24, 2.45) is 11.7 Å². The highest BCUT2D eigenvalue weighted by atomic mass is 35.5. The van der Waals surface area contributed by atoms with Gasteiger partial charge in [0.05, 0.1) is 5.92 Å². The Morgan fingerprint density at radius 3 is 2.63 bits per heavy atom. The molecule has 2 unspecified atom stereocenters. The van der Waals surface area contributed by atoms with Gasteiger partial charge in [-0.3, -0.25) is 4.79 Å². The van der Waals surface area contributed by atoms with E-state index in [4.69, 9.17) is 17.3 Å². The molecule has 0 aliphatic carbocycles. The van der Waals surface area contributed by atoms with Crippen molar-refractivity contribution in [2.75, 3.05) is 11.4 Å². The minimum Gasteiger partial charge on any atom is -0.369 e. The van der Waals surface area contributed by atoms with Crippen molar-refractivity contribution in [3.63, 3.8) is 0 Å². The van der Waals surface area contributed by atoms with Crippen molar-refractivity contribution in [1.29, 1.82) is 0 Å². The second-order valence-corrected chi connectivity index (χ2v) is 5.60. The molecule has 0 saturated carbocycles.